The van der Waals surface area contributed by atoms with Crippen LogP contribution in [0, 0.1) is 5.92 Å². The van der Waals surface area contributed by atoms with E-state index in [-0.39, 0.29) is 6.10 Å². The number of aliphatic hydroxyl groups excluding tert-OH is 1. The normalized spacial score (nSPS) is 26.1. The third-order valence-corrected chi connectivity index (χ3v) is 3.08. The standard InChI is InChI=1S/C12H15BrO2/c1-8(14)5-9-6-12(9)15-11-4-2-3-10(13)7-11/h2-4,7-9,12,14H,5-6H2,1H3. The Balaban J connectivity index is 1.84. The molecule has 1 fully saturated rings. The second-order valence-electron chi connectivity index (χ2n) is 4.19. The van der Waals surface area contributed by atoms with Gasteiger partial charge in [-0.2, -0.15) is 0 Å². The van der Waals surface area contributed by atoms with Crippen molar-refractivity contribution in [2.45, 2.75) is 32.0 Å². The molecule has 82 valence electrons. The van der Waals surface area contributed by atoms with Gasteiger partial charge in [-0.15, -0.1) is 0 Å². The van der Waals surface area contributed by atoms with Crippen molar-refractivity contribution in [3.05, 3.63) is 28.7 Å². The van der Waals surface area contributed by atoms with Crippen LogP contribution in [0.1, 0.15) is 19.8 Å². The van der Waals surface area contributed by atoms with Crippen LogP contribution in [0.15, 0.2) is 28.7 Å². The average Bonchev–Trinajstić information content (AvgIpc) is 2.82. The fraction of sp³-hybridized carbons (Fsp3) is 0.500. The molecule has 0 radical (unpaired) electrons. The van der Waals surface area contributed by atoms with Gasteiger partial charge in [-0.05, 0) is 38.0 Å². The lowest BCUT2D eigenvalue weighted by Gasteiger charge is -2.06. The van der Waals surface area contributed by atoms with Gasteiger partial charge < -0.3 is 9.84 Å². The highest BCUT2D eigenvalue weighted by molar-refractivity contribution is 9.10. The third kappa shape index (κ3) is 3.21. The first kappa shape index (κ1) is 11.0. The summed E-state index contributed by atoms with van der Waals surface area (Å²) < 4.78 is 6.81. The quantitative estimate of drug-likeness (QED) is 0.912. The molecule has 1 N–H and O–H groups in total. The van der Waals surface area contributed by atoms with Gasteiger partial charge in [0.1, 0.15) is 11.9 Å². The molecule has 3 heteroatoms. The molecule has 1 aliphatic carbocycles. The van der Waals surface area contributed by atoms with E-state index in [9.17, 15) is 5.11 Å². The fourth-order valence-corrected chi connectivity index (χ4v) is 2.14. The highest BCUT2D eigenvalue weighted by Gasteiger charge is 2.39. The molecule has 2 nitrogen and oxygen atoms in total. The molecule has 0 saturated heterocycles. The second kappa shape index (κ2) is 4.54. The molecule has 2 rings (SSSR count). The summed E-state index contributed by atoms with van der Waals surface area (Å²) in [6.07, 6.45) is 2.00. The maximum absolute atomic E-state index is 9.23. The van der Waals surface area contributed by atoms with E-state index in [0.29, 0.717) is 12.0 Å². The number of ether oxygens (including phenoxy) is 1. The van der Waals surface area contributed by atoms with Crippen molar-refractivity contribution in [2.24, 2.45) is 5.92 Å². The summed E-state index contributed by atoms with van der Waals surface area (Å²) in [6.45, 7) is 1.83. The molecule has 3 atom stereocenters. The molecule has 0 aromatic heterocycles. The molecular formula is C12H15BrO2. The molecule has 1 saturated carbocycles. The van der Waals surface area contributed by atoms with Crippen molar-refractivity contribution in [1.29, 1.82) is 0 Å². The van der Waals surface area contributed by atoms with E-state index >= 15 is 0 Å². The molecule has 1 aliphatic rings. The van der Waals surface area contributed by atoms with Crippen molar-refractivity contribution in [2.75, 3.05) is 0 Å². The van der Waals surface area contributed by atoms with Gasteiger partial charge in [-0.25, -0.2) is 0 Å². The Morgan fingerprint density at radius 2 is 2.40 bits per heavy atom. The Bertz CT molecular complexity index is 338. The van der Waals surface area contributed by atoms with E-state index in [1.54, 1.807) is 0 Å². The first-order valence-electron chi connectivity index (χ1n) is 5.25. The van der Waals surface area contributed by atoms with Gasteiger partial charge in [0.05, 0.1) is 6.10 Å². The van der Waals surface area contributed by atoms with E-state index in [0.717, 1.165) is 23.1 Å². The minimum atomic E-state index is -0.217. The number of halogens is 1. The number of benzene rings is 1. The highest BCUT2D eigenvalue weighted by atomic mass is 79.9. The van der Waals surface area contributed by atoms with Gasteiger partial charge in [0.25, 0.3) is 0 Å². The van der Waals surface area contributed by atoms with Crippen LogP contribution < -0.4 is 4.74 Å². The molecule has 1 aromatic carbocycles. The summed E-state index contributed by atoms with van der Waals surface area (Å²) in [5.41, 5.74) is 0. The summed E-state index contributed by atoms with van der Waals surface area (Å²) in [6, 6.07) is 7.87. The topological polar surface area (TPSA) is 29.5 Å². The summed E-state index contributed by atoms with van der Waals surface area (Å²) in [5.74, 6) is 1.44. The summed E-state index contributed by atoms with van der Waals surface area (Å²) in [5, 5.41) is 9.23. The smallest absolute Gasteiger partial charge is 0.120 e. The van der Waals surface area contributed by atoms with Gasteiger partial charge in [0.2, 0.25) is 0 Å². The number of aliphatic hydroxyl groups is 1. The zero-order valence-corrected chi connectivity index (χ0v) is 10.3. The Labute approximate surface area is 98.4 Å². The van der Waals surface area contributed by atoms with Gasteiger partial charge >= 0.3 is 0 Å². The van der Waals surface area contributed by atoms with Crippen LogP contribution in [-0.2, 0) is 0 Å². The highest BCUT2D eigenvalue weighted by Crippen LogP contribution is 2.38. The zero-order chi connectivity index (χ0) is 10.8. The molecule has 0 aliphatic heterocycles. The molecule has 0 heterocycles. The Morgan fingerprint density at radius 1 is 1.60 bits per heavy atom. The van der Waals surface area contributed by atoms with Crippen LogP contribution in [0.5, 0.6) is 5.75 Å². The Morgan fingerprint density at radius 3 is 3.07 bits per heavy atom. The minimum absolute atomic E-state index is 0.217. The summed E-state index contributed by atoms with van der Waals surface area (Å²) in [4.78, 5) is 0. The maximum atomic E-state index is 9.23. The molecule has 0 amide bonds. The maximum Gasteiger partial charge on any atom is 0.120 e. The monoisotopic (exact) mass is 270 g/mol. The summed E-state index contributed by atoms with van der Waals surface area (Å²) >= 11 is 3.41. The predicted octanol–water partition coefficient (Wildman–Crippen LogP) is 2.99. The van der Waals surface area contributed by atoms with Crippen LogP contribution in [0.4, 0.5) is 0 Å². The lowest BCUT2D eigenvalue weighted by atomic mass is 10.2. The first-order valence-corrected chi connectivity index (χ1v) is 6.05. The predicted molar refractivity (Wildman–Crippen MR) is 63.0 cm³/mol. The van der Waals surface area contributed by atoms with Crippen LogP contribution in [0.3, 0.4) is 0 Å². The van der Waals surface area contributed by atoms with Crippen LogP contribution >= 0.6 is 15.9 Å². The van der Waals surface area contributed by atoms with Crippen LogP contribution in [-0.4, -0.2) is 17.3 Å². The second-order valence-corrected chi connectivity index (χ2v) is 5.11. The number of hydrogen-bond acceptors (Lipinski definition) is 2. The van der Waals surface area contributed by atoms with E-state index < -0.39 is 0 Å². The van der Waals surface area contributed by atoms with E-state index in [1.807, 2.05) is 31.2 Å². The van der Waals surface area contributed by atoms with Crippen LogP contribution in [0.25, 0.3) is 0 Å². The zero-order valence-electron chi connectivity index (χ0n) is 8.69. The van der Waals surface area contributed by atoms with Gasteiger partial charge in [0.15, 0.2) is 0 Å². The van der Waals surface area contributed by atoms with Crippen LogP contribution in [0.2, 0.25) is 0 Å². The first-order chi connectivity index (χ1) is 7.15. The third-order valence-electron chi connectivity index (χ3n) is 2.59. The van der Waals surface area contributed by atoms with E-state index in [2.05, 4.69) is 15.9 Å². The fourth-order valence-electron chi connectivity index (χ4n) is 1.77. The summed E-state index contributed by atoms with van der Waals surface area (Å²) in [7, 11) is 0. The van der Waals surface area contributed by atoms with Crippen molar-refractivity contribution >= 4 is 15.9 Å². The van der Waals surface area contributed by atoms with Crippen molar-refractivity contribution in [3.63, 3.8) is 0 Å². The van der Waals surface area contributed by atoms with Gasteiger partial charge in [-0.1, -0.05) is 22.0 Å². The van der Waals surface area contributed by atoms with Crippen molar-refractivity contribution in [3.8, 4) is 5.75 Å². The minimum Gasteiger partial charge on any atom is -0.490 e. The van der Waals surface area contributed by atoms with Crippen molar-refractivity contribution < 1.29 is 9.84 Å². The van der Waals surface area contributed by atoms with Crippen molar-refractivity contribution in [1.82, 2.24) is 0 Å². The lowest BCUT2D eigenvalue weighted by molar-refractivity contribution is 0.166. The molecular weight excluding hydrogens is 256 g/mol. The molecule has 0 spiro atoms. The van der Waals surface area contributed by atoms with Gasteiger partial charge in [-0.3, -0.25) is 0 Å². The average molecular weight is 271 g/mol. The largest absolute Gasteiger partial charge is 0.490 e. The van der Waals surface area contributed by atoms with E-state index in [1.165, 1.54) is 0 Å². The number of rotatable bonds is 4. The Hall–Kier alpha value is -0.540. The number of hydrogen-bond donors (Lipinski definition) is 1. The van der Waals surface area contributed by atoms with E-state index in [4.69, 9.17) is 4.74 Å². The molecule has 1 aromatic rings. The van der Waals surface area contributed by atoms with Gasteiger partial charge in [0, 0.05) is 10.4 Å². The molecule has 15 heavy (non-hydrogen) atoms. The SMILES string of the molecule is CC(O)CC1CC1Oc1cccc(Br)c1. The molecule has 3 unspecified atom stereocenters. The molecule has 0 bridgehead atoms. The lowest BCUT2D eigenvalue weighted by Crippen LogP contribution is -2.06. The Kier molecular flexibility index (Phi) is 3.32.